The average Bonchev–Trinajstić information content (AvgIpc) is 2.76. The third-order valence-electron chi connectivity index (χ3n) is 4.55. The minimum atomic E-state index is 0.228. The number of H-pyrrole nitrogens is 1. The molecule has 1 amide bonds. The summed E-state index contributed by atoms with van der Waals surface area (Å²) >= 11 is 6.09. The van der Waals surface area contributed by atoms with E-state index in [0.29, 0.717) is 11.4 Å². The lowest BCUT2D eigenvalue weighted by atomic mass is 9.98. The smallest absolute Gasteiger partial charge is 0.227 e. The topological polar surface area (TPSA) is 36.1 Å². The fourth-order valence-corrected chi connectivity index (χ4v) is 3.28. The average molecular weight is 305 g/mol. The van der Waals surface area contributed by atoms with Crippen LogP contribution in [0.25, 0.3) is 10.9 Å². The summed E-state index contributed by atoms with van der Waals surface area (Å²) in [5.41, 5.74) is 3.19. The van der Waals surface area contributed by atoms with Crippen molar-refractivity contribution in [2.24, 2.45) is 5.92 Å². The number of amides is 1. The maximum atomic E-state index is 12.5. The monoisotopic (exact) mass is 304 g/mol. The summed E-state index contributed by atoms with van der Waals surface area (Å²) in [6.07, 6.45) is 2.69. The number of halogens is 1. The summed E-state index contributed by atoms with van der Waals surface area (Å²) < 4.78 is 0. The molecule has 21 heavy (non-hydrogen) atoms. The summed E-state index contributed by atoms with van der Waals surface area (Å²) in [5.74, 6) is 0.966. The van der Waals surface area contributed by atoms with Crippen molar-refractivity contribution in [1.29, 1.82) is 0 Å². The van der Waals surface area contributed by atoms with Crippen LogP contribution in [0.3, 0.4) is 0 Å². The second kappa shape index (κ2) is 5.72. The first-order chi connectivity index (χ1) is 10.0. The molecule has 1 saturated heterocycles. The summed E-state index contributed by atoms with van der Waals surface area (Å²) in [4.78, 5) is 17.9. The molecule has 2 heterocycles. The Morgan fingerprint density at radius 3 is 2.81 bits per heavy atom. The molecule has 0 spiro atoms. The molecular formula is C17H21ClN2O. The number of nitrogens with zero attached hydrogens (tertiary/aromatic N) is 1. The lowest BCUT2D eigenvalue weighted by molar-refractivity contribution is -0.131. The van der Waals surface area contributed by atoms with Gasteiger partial charge in [0.25, 0.3) is 0 Å². The number of hydrogen-bond donors (Lipinski definition) is 1. The van der Waals surface area contributed by atoms with Crippen molar-refractivity contribution in [2.75, 3.05) is 13.1 Å². The van der Waals surface area contributed by atoms with Gasteiger partial charge in [-0.25, -0.2) is 0 Å². The van der Waals surface area contributed by atoms with Gasteiger partial charge in [-0.1, -0.05) is 18.5 Å². The van der Waals surface area contributed by atoms with Gasteiger partial charge < -0.3 is 9.88 Å². The third kappa shape index (κ3) is 2.93. The van der Waals surface area contributed by atoms with E-state index < -0.39 is 0 Å². The van der Waals surface area contributed by atoms with Crippen molar-refractivity contribution in [1.82, 2.24) is 9.88 Å². The van der Waals surface area contributed by atoms with Crippen molar-refractivity contribution in [3.05, 3.63) is 34.5 Å². The number of likely N-dealkylation sites (tertiary alicyclic amines) is 1. The summed E-state index contributed by atoms with van der Waals surface area (Å²) in [7, 11) is 0. The number of aromatic nitrogens is 1. The van der Waals surface area contributed by atoms with Gasteiger partial charge in [0.15, 0.2) is 0 Å². The molecule has 0 unspecified atom stereocenters. The van der Waals surface area contributed by atoms with Crippen LogP contribution >= 0.6 is 11.6 Å². The van der Waals surface area contributed by atoms with Crippen LogP contribution in [0.4, 0.5) is 0 Å². The van der Waals surface area contributed by atoms with Gasteiger partial charge in [0.05, 0.1) is 6.42 Å². The first-order valence-electron chi connectivity index (χ1n) is 7.59. The first kappa shape index (κ1) is 14.5. The highest BCUT2D eigenvalue weighted by Crippen LogP contribution is 2.26. The SMILES string of the molecule is Cc1[nH]c2ccc(Cl)cc2c1CC(=O)N1CCC(C)CC1. The predicted molar refractivity (Wildman–Crippen MR) is 86.7 cm³/mol. The molecule has 1 aliphatic rings. The highest BCUT2D eigenvalue weighted by atomic mass is 35.5. The van der Waals surface area contributed by atoms with E-state index in [4.69, 9.17) is 11.6 Å². The van der Waals surface area contributed by atoms with Crippen LogP contribution in [0.15, 0.2) is 18.2 Å². The Labute approximate surface area is 130 Å². The molecule has 1 fully saturated rings. The Bertz CT molecular complexity index is 669. The van der Waals surface area contributed by atoms with E-state index in [2.05, 4.69) is 11.9 Å². The van der Waals surface area contributed by atoms with Crippen molar-refractivity contribution in [3.8, 4) is 0 Å². The molecule has 1 aromatic heterocycles. The molecule has 112 valence electrons. The molecule has 0 bridgehead atoms. The predicted octanol–water partition coefficient (Wildman–Crippen LogP) is 3.93. The quantitative estimate of drug-likeness (QED) is 0.896. The van der Waals surface area contributed by atoms with Crippen LogP contribution in [0, 0.1) is 12.8 Å². The molecule has 1 aromatic carbocycles. The largest absolute Gasteiger partial charge is 0.358 e. The number of carbonyl (C=O) groups excluding carboxylic acids is 1. The number of aryl methyl sites for hydroxylation is 1. The van der Waals surface area contributed by atoms with Gasteiger partial charge in [0, 0.05) is 34.7 Å². The molecule has 3 rings (SSSR count). The Balaban J connectivity index is 1.82. The lowest BCUT2D eigenvalue weighted by Gasteiger charge is -2.30. The Morgan fingerprint density at radius 1 is 1.38 bits per heavy atom. The van der Waals surface area contributed by atoms with E-state index in [9.17, 15) is 4.79 Å². The van der Waals surface area contributed by atoms with Crippen molar-refractivity contribution in [3.63, 3.8) is 0 Å². The van der Waals surface area contributed by atoms with E-state index in [1.54, 1.807) is 0 Å². The first-order valence-corrected chi connectivity index (χ1v) is 7.97. The number of hydrogen-bond acceptors (Lipinski definition) is 1. The Kier molecular flexibility index (Phi) is 3.94. The Hall–Kier alpha value is -1.48. The summed E-state index contributed by atoms with van der Waals surface area (Å²) in [6, 6.07) is 5.79. The van der Waals surface area contributed by atoms with Gasteiger partial charge >= 0.3 is 0 Å². The number of fused-ring (bicyclic) bond motifs is 1. The summed E-state index contributed by atoms with van der Waals surface area (Å²) in [5, 5.41) is 1.78. The fourth-order valence-electron chi connectivity index (χ4n) is 3.10. The summed E-state index contributed by atoms with van der Waals surface area (Å²) in [6.45, 7) is 6.06. The van der Waals surface area contributed by atoms with Gasteiger partial charge in [-0.05, 0) is 49.4 Å². The second-order valence-electron chi connectivity index (χ2n) is 6.16. The van der Waals surface area contributed by atoms with Gasteiger partial charge in [0.1, 0.15) is 0 Å². The molecule has 1 aliphatic heterocycles. The van der Waals surface area contributed by atoms with Crippen LogP contribution in [-0.2, 0) is 11.2 Å². The van der Waals surface area contributed by atoms with Crippen LogP contribution < -0.4 is 0 Å². The van der Waals surface area contributed by atoms with Gasteiger partial charge in [-0.3, -0.25) is 4.79 Å². The molecule has 3 nitrogen and oxygen atoms in total. The van der Waals surface area contributed by atoms with Gasteiger partial charge in [-0.15, -0.1) is 0 Å². The van der Waals surface area contributed by atoms with E-state index >= 15 is 0 Å². The van der Waals surface area contributed by atoms with Crippen LogP contribution in [0.1, 0.15) is 31.0 Å². The van der Waals surface area contributed by atoms with Crippen LogP contribution in [-0.4, -0.2) is 28.9 Å². The number of nitrogens with one attached hydrogen (secondary N) is 1. The molecule has 4 heteroatoms. The van der Waals surface area contributed by atoms with Crippen molar-refractivity contribution in [2.45, 2.75) is 33.1 Å². The van der Waals surface area contributed by atoms with E-state index in [-0.39, 0.29) is 5.91 Å². The minimum Gasteiger partial charge on any atom is -0.358 e. The zero-order chi connectivity index (χ0) is 15.0. The van der Waals surface area contributed by atoms with E-state index in [1.807, 2.05) is 30.0 Å². The second-order valence-corrected chi connectivity index (χ2v) is 6.59. The standard InChI is InChI=1S/C17H21ClN2O/c1-11-5-7-20(8-6-11)17(21)10-14-12(2)19-16-4-3-13(18)9-15(14)16/h3-4,9,11,19H,5-8,10H2,1-2H3. The third-order valence-corrected chi connectivity index (χ3v) is 4.78. The van der Waals surface area contributed by atoms with Crippen molar-refractivity contribution < 1.29 is 4.79 Å². The highest BCUT2D eigenvalue weighted by molar-refractivity contribution is 6.31. The van der Waals surface area contributed by atoms with E-state index in [0.717, 1.165) is 54.0 Å². The number of piperidine rings is 1. The molecular weight excluding hydrogens is 284 g/mol. The number of aromatic amines is 1. The van der Waals surface area contributed by atoms with Gasteiger partial charge in [-0.2, -0.15) is 0 Å². The Morgan fingerprint density at radius 2 is 2.10 bits per heavy atom. The number of benzene rings is 1. The highest BCUT2D eigenvalue weighted by Gasteiger charge is 2.22. The van der Waals surface area contributed by atoms with Crippen LogP contribution in [0.5, 0.6) is 0 Å². The molecule has 1 N–H and O–H groups in total. The molecule has 2 aromatic rings. The van der Waals surface area contributed by atoms with Crippen LogP contribution in [0.2, 0.25) is 5.02 Å². The number of carbonyl (C=O) groups is 1. The fraction of sp³-hybridized carbons (Fsp3) is 0.471. The zero-order valence-electron chi connectivity index (χ0n) is 12.6. The molecule has 0 saturated carbocycles. The zero-order valence-corrected chi connectivity index (χ0v) is 13.3. The van der Waals surface area contributed by atoms with Crippen molar-refractivity contribution >= 4 is 28.4 Å². The molecule has 0 atom stereocenters. The normalized spacial score (nSPS) is 16.6. The maximum absolute atomic E-state index is 12.5. The lowest BCUT2D eigenvalue weighted by Crippen LogP contribution is -2.38. The van der Waals surface area contributed by atoms with Gasteiger partial charge in [0.2, 0.25) is 5.91 Å². The molecule has 0 radical (unpaired) electrons. The number of rotatable bonds is 2. The van der Waals surface area contributed by atoms with E-state index in [1.165, 1.54) is 0 Å². The molecule has 0 aliphatic carbocycles. The minimum absolute atomic E-state index is 0.228. The maximum Gasteiger partial charge on any atom is 0.227 e.